The van der Waals surface area contributed by atoms with Gasteiger partial charge >= 0.3 is 0 Å². The van der Waals surface area contributed by atoms with E-state index in [4.69, 9.17) is 0 Å². The maximum Gasteiger partial charge on any atom is 0.238 e. The SMILES string of the molecule is O=C(CNCCn1ccnn1)Nc1ccccc1F. The monoisotopic (exact) mass is 263 g/mol. The van der Waals surface area contributed by atoms with Crippen LogP contribution in [0, 0.1) is 5.82 Å². The van der Waals surface area contributed by atoms with Crippen molar-refractivity contribution in [1.29, 1.82) is 0 Å². The minimum atomic E-state index is -0.446. The highest BCUT2D eigenvalue weighted by Crippen LogP contribution is 2.11. The molecule has 0 bridgehead atoms. The Morgan fingerprint density at radius 3 is 2.95 bits per heavy atom. The van der Waals surface area contributed by atoms with Gasteiger partial charge in [0.05, 0.1) is 25.0 Å². The number of hydrogen-bond acceptors (Lipinski definition) is 4. The third-order valence-corrected chi connectivity index (χ3v) is 2.42. The van der Waals surface area contributed by atoms with Crippen LogP contribution in [0.2, 0.25) is 0 Å². The molecule has 0 atom stereocenters. The highest BCUT2D eigenvalue weighted by Gasteiger charge is 2.05. The molecule has 0 saturated carbocycles. The van der Waals surface area contributed by atoms with Crippen LogP contribution in [0.5, 0.6) is 0 Å². The number of nitrogens with zero attached hydrogens (tertiary/aromatic N) is 3. The zero-order valence-electron chi connectivity index (χ0n) is 10.2. The summed E-state index contributed by atoms with van der Waals surface area (Å²) in [6.45, 7) is 1.31. The Bertz CT molecular complexity index is 529. The van der Waals surface area contributed by atoms with Crippen molar-refractivity contribution in [3.63, 3.8) is 0 Å². The lowest BCUT2D eigenvalue weighted by Gasteiger charge is -2.07. The molecule has 2 N–H and O–H groups in total. The summed E-state index contributed by atoms with van der Waals surface area (Å²) in [6.07, 6.45) is 3.33. The summed E-state index contributed by atoms with van der Waals surface area (Å²) >= 11 is 0. The number of carbonyl (C=O) groups excluding carboxylic acids is 1. The fraction of sp³-hybridized carbons (Fsp3) is 0.250. The van der Waals surface area contributed by atoms with Crippen molar-refractivity contribution in [2.75, 3.05) is 18.4 Å². The van der Waals surface area contributed by atoms with E-state index in [-0.39, 0.29) is 18.1 Å². The summed E-state index contributed by atoms with van der Waals surface area (Å²) < 4.78 is 14.9. The quantitative estimate of drug-likeness (QED) is 0.750. The summed E-state index contributed by atoms with van der Waals surface area (Å²) in [4.78, 5) is 11.6. The van der Waals surface area contributed by atoms with E-state index >= 15 is 0 Å². The van der Waals surface area contributed by atoms with Crippen molar-refractivity contribution < 1.29 is 9.18 Å². The molecule has 0 spiro atoms. The standard InChI is InChI=1S/C12H14FN5O/c13-10-3-1-2-4-11(10)16-12(19)9-14-5-7-18-8-6-15-17-18/h1-4,6,8,14H,5,7,9H2,(H,16,19). The van der Waals surface area contributed by atoms with E-state index in [0.717, 1.165) is 0 Å². The van der Waals surface area contributed by atoms with Crippen LogP contribution >= 0.6 is 0 Å². The minimum Gasteiger partial charge on any atom is -0.322 e. The van der Waals surface area contributed by atoms with Crippen molar-refractivity contribution in [1.82, 2.24) is 20.3 Å². The Morgan fingerprint density at radius 1 is 1.37 bits per heavy atom. The molecule has 0 saturated heterocycles. The molecule has 1 amide bonds. The first-order valence-corrected chi connectivity index (χ1v) is 5.85. The first kappa shape index (κ1) is 13.2. The third-order valence-electron chi connectivity index (χ3n) is 2.42. The number of halogens is 1. The van der Waals surface area contributed by atoms with Gasteiger partial charge in [-0.15, -0.1) is 5.10 Å². The molecule has 0 unspecified atom stereocenters. The fourth-order valence-electron chi connectivity index (χ4n) is 1.50. The topological polar surface area (TPSA) is 71.8 Å². The molecule has 7 heteroatoms. The second-order valence-corrected chi connectivity index (χ2v) is 3.87. The number of amides is 1. The summed E-state index contributed by atoms with van der Waals surface area (Å²) in [5, 5.41) is 12.9. The predicted octanol–water partition coefficient (Wildman–Crippen LogP) is 0.645. The lowest BCUT2D eigenvalue weighted by molar-refractivity contribution is -0.115. The lowest BCUT2D eigenvalue weighted by atomic mass is 10.3. The molecule has 0 fully saturated rings. The van der Waals surface area contributed by atoms with Gasteiger partial charge < -0.3 is 10.6 Å². The van der Waals surface area contributed by atoms with E-state index in [0.29, 0.717) is 13.1 Å². The molecule has 2 aromatic rings. The van der Waals surface area contributed by atoms with Crippen molar-refractivity contribution >= 4 is 11.6 Å². The van der Waals surface area contributed by atoms with Gasteiger partial charge in [0.1, 0.15) is 5.82 Å². The van der Waals surface area contributed by atoms with E-state index in [2.05, 4.69) is 20.9 Å². The second kappa shape index (κ2) is 6.60. The first-order valence-electron chi connectivity index (χ1n) is 5.85. The van der Waals surface area contributed by atoms with Crippen molar-refractivity contribution in [2.24, 2.45) is 0 Å². The Balaban J connectivity index is 1.69. The number of aromatic nitrogens is 3. The maximum atomic E-state index is 13.3. The van der Waals surface area contributed by atoms with E-state index in [1.54, 1.807) is 29.2 Å². The molecule has 0 aliphatic rings. The van der Waals surface area contributed by atoms with Gasteiger partial charge in [-0.2, -0.15) is 0 Å². The predicted molar refractivity (Wildman–Crippen MR) is 67.9 cm³/mol. The van der Waals surface area contributed by atoms with Crippen molar-refractivity contribution in [2.45, 2.75) is 6.54 Å². The number of nitrogens with one attached hydrogen (secondary N) is 2. The van der Waals surface area contributed by atoms with Crippen LogP contribution < -0.4 is 10.6 Å². The van der Waals surface area contributed by atoms with Gasteiger partial charge in [-0.05, 0) is 12.1 Å². The number of carbonyl (C=O) groups is 1. The number of rotatable bonds is 6. The van der Waals surface area contributed by atoms with E-state index in [1.165, 1.54) is 12.1 Å². The molecule has 0 aliphatic carbocycles. The molecule has 1 aromatic heterocycles. The first-order chi connectivity index (χ1) is 9.25. The van der Waals surface area contributed by atoms with Gasteiger partial charge in [0.2, 0.25) is 5.91 Å². The van der Waals surface area contributed by atoms with Crippen molar-refractivity contribution in [3.8, 4) is 0 Å². The molecule has 1 aromatic carbocycles. The molecule has 0 aliphatic heterocycles. The molecule has 2 rings (SSSR count). The Labute approximate surface area is 109 Å². The normalized spacial score (nSPS) is 10.4. The van der Waals surface area contributed by atoms with Crippen LogP contribution in [0.3, 0.4) is 0 Å². The summed E-state index contributed by atoms with van der Waals surface area (Å²) in [6, 6.07) is 6.05. The van der Waals surface area contributed by atoms with Gasteiger partial charge in [0.25, 0.3) is 0 Å². The zero-order chi connectivity index (χ0) is 13.5. The minimum absolute atomic E-state index is 0.114. The Kier molecular flexibility index (Phi) is 4.57. The molecular formula is C12H14FN5O. The zero-order valence-corrected chi connectivity index (χ0v) is 10.2. The van der Waals surface area contributed by atoms with Crippen molar-refractivity contribution in [3.05, 3.63) is 42.5 Å². The number of para-hydroxylation sites is 1. The number of hydrogen-bond donors (Lipinski definition) is 2. The average molecular weight is 263 g/mol. The van der Waals surface area contributed by atoms with Crippen LogP contribution in [0.15, 0.2) is 36.7 Å². The van der Waals surface area contributed by atoms with E-state index in [1.807, 2.05) is 0 Å². The van der Waals surface area contributed by atoms with Crippen LogP contribution in [-0.4, -0.2) is 34.0 Å². The molecular weight excluding hydrogens is 249 g/mol. The van der Waals surface area contributed by atoms with Gasteiger partial charge in [-0.25, -0.2) is 4.39 Å². The summed E-state index contributed by atoms with van der Waals surface area (Å²) in [5.74, 6) is -0.734. The smallest absolute Gasteiger partial charge is 0.238 e. The second-order valence-electron chi connectivity index (χ2n) is 3.87. The fourth-order valence-corrected chi connectivity index (χ4v) is 1.50. The molecule has 6 nitrogen and oxygen atoms in total. The number of anilines is 1. The van der Waals surface area contributed by atoms with E-state index < -0.39 is 5.82 Å². The third kappa shape index (κ3) is 4.14. The Morgan fingerprint density at radius 2 is 2.21 bits per heavy atom. The molecule has 0 radical (unpaired) electrons. The summed E-state index contributed by atoms with van der Waals surface area (Å²) in [5.41, 5.74) is 0.186. The molecule has 1 heterocycles. The van der Waals surface area contributed by atoms with Gasteiger partial charge in [0, 0.05) is 12.7 Å². The highest BCUT2D eigenvalue weighted by atomic mass is 19.1. The van der Waals surface area contributed by atoms with Gasteiger partial charge in [-0.1, -0.05) is 17.3 Å². The van der Waals surface area contributed by atoms with Crippen LogP contribution in [-0.2, 0) is 11.3 Å². The summed E-state index contributed by atoms with van der Waals surface area (Å²) in [7, 11) is 0. The number of benzene rings is 1. The van der Waals surface area contributed by atoms with Crippen LogP contribution in [0.4, 0.5) is 10.1 Å². The lowest BCUT2D eigenvalue weighted by Crippen LogP contribution is -2.30. The Hall–Kier alpha value is -2.28. The molecule has 100 valence electrons. The average Bonchev–Trinajstić information content (AvgIpc) is 2.91. The molecule has 19 heavy (non-hydrogen) atoms. The van der Waals surface area contributed by atoms with Gasteiger partial charge in [0.15, 0.2) is 0 Å². The largest absolute Gasteiger partial charge is 0.322 e. The maximum absolute atomic E-state index is 13.3. The van der Waals surface area contributed by atoms with E-state index in [9.17, 15) is 9.18 Å². The van der Waals surface area contributed by atoms with Gasteiger partial charge in [-0.3, -0.25) is 9.48 Å². The van der Waals surface area contributed by atoms with Crippen LogP contribution in [0.1, 0.15) is 0 Å². The highest BCUT2D eigenvalue weighted by molar-refractivity contribution is 5.92. The van der Waals surface area contributed by atoms with Crippen LogP contribution in [0.25, 0.3) is 0 Å².